The summed E-state index contributed by atoms with van der Waals surface area (Å²) < 4.78 is 0. The van der Waals surface area contributed by atoms with Crippen molar-refractivity contribution in [1.29, 1.82) is 0 Å². The van der Waals surface area contributed by atoms with E-state index in [1.807, 2.05) is 0 Å². The van der Waals surface area contributed by atoms with Gasteiger partial charge in [0.1, 0.15) is 0 Å². The van der Waals surface area contributed by atoms with E-state index >= 15 is 0 Å². The second kappa shape index (κ2) is 6.63. The number of rotatable bonds is 2. The number of hydrogen-bond donors (Lipinski definition) is 1. The highest BCUT2D eigenvalue weighted by Crippen LogP contribution is 2.28. The largest absolute Gasteiger partial charge is 0.315 e. The van der Waals surface area contributed by atoms with Gasteiger partial charge in [-0.1, -0.05) is 42.2 Å². The fourth-order valence-corrected chi connectivity index (χ4v) is 2.55. The monoisotopic (exact) mass is 290 g/mol. The van der Waals surface area contributed by atoms with Crippen molar-refractivity contribution in [3.63, 3.8) is 0 Å². The quantitative estimate of drug-likeness (QED) is 0.849. The van der Waals surface area contributed by atoms with Crippen LogP contribution in [0.25, 0.3) is 0 Å². The molecule has 0 spiro atoms. The number of nitrogens with zero attached hydrogens (tertiary/aromatic N) is 1. The van der Waals surface area contributed by atoms with E-state index in [0.29, 0.717) is 5.92 Å². The summed E-state index contributed by atoms with van der Waals surface area (Å²) >= 11 is 0. The lowest BCUT2D eigenvalue weighted by Gasteiger charge is -2.36. The lowest BCUT2D eigenvalue weighted by Crippen LogP contribution is -2.49. The Kier molecular flexibility index (Phi) is 5.10. The first-order valence-corrected chi connectivity index (χ1v) is 7.31. The van der Waals surface area contributed by atoms with E-state index in [2.05, 4.69) is 47.1 Å². The van der Waals surface area contributed by atoms with Crippen LogP contribution in [0, 0.1) is 17.8 Å². The minimum Gasteiger partial charge on any atom is -0.315 e. The van der Waals surface area contributed by atoms with Crippen molar-refractivity contribution in [3.8, 4) is 11.8 Å². The molecule has 0 unspecified atom stereocenters. The molecule has 0 bridgehead atoms. The maximum absolute atomic E-state index is 6.39. The van der Waals surface area contributed by atoms with Gasteiger partial charge in [0.2, 0.25) is 0 Å². The Hall–Kier alpha value is -1.01. The topological polar surface area (TPSA) is 29.3 Å². The molecule has 0 atom stereocenters. The first-order valence-electron chi connectivity index (χ1n) is 7.31. The van der Waals surface area contributed by atoms with Crippen molar-refractivity contribution in [2.24, 2.45) is 11.7 Å². The number of benzene rings is 1. The highest BCUT2D eigenvalue weighted by Gasteiger charge is 2.29. The van der Waals surface area contributed by atoms with Gasteiger partial charge >= 0.3 is 0 Å². The Bertz CT molecular complexity index is 477. The molecule has 3 heteroatoms. The molecule has 2 N–H and O–H groups in total. The van der Waals surface area contributed by atoms with Gasteiger partial charge in [0.05, 0.1) is 5.54 Å². The first-order chi connectivity index (χ1) is 9.23. The molecule has 0 amide bonds. The van der Waals surface area contributed by atoms with Crippen molar-refractivity contribution in [2.45, 2.75) is 37.8 Å². The summed E-state index contributed by atoms with van der Waals surface area (Å²) in [5, 5.41) is 0. The van der Waals surface area contributed by atoms with Crippen molar-refractivity contribution >= 4 is 12.4 Å². The summed E-state index contributed by atoms with van der Waals surface area (Å²) in [5.74, 6) is 7.34. The average molecular weight is 291 g/mol. The maximum atomic E-state index is 6.39. The molecule has 2 fully saturated rings. The van der Waals surface area contributed by atoms with Crippen molar-refractivity contribution < 1.29 is 0 Å². The maximum Gasteiger partial charge on any atom is 0.0800 e. The summed E-state index contributed by atoms with van der Waals surface area (Å²) in [6, 6.07) is 10.7. The van der Waals surface area contributed by atoms with Gasteiger partial charge in [0, 0.05) is 25.6 Å². The Balaban J connectivity index is 0.00000147. The number of likely N-dealkylation sites (tertiary alicyclic amines) is 1. The molecule has 1 heterocycles. The zero-order valence-electron chi connectivity index (χ0n) is 11.8. The molecule has 1 saturated heterocycles. The van der Waals surface area contributed by atoms with E-state index in [0.717, 1.165) is 32.5 Å². The molecule has 0 aromatic heterocycles. The molecule has 1 aliphatic heterocycles. The summed E-state index contributed by atoms with van der Waals surface area (Å²) in [7, 11) is 0. The molecule has 3 rings (SSSR count). The number of halogens is 1. The van der Waals surface area contributed by atoms with Crippen LogP contribution in [0.2, 0.25) is 0 Å². The number of hydrogen-bond acceptors (Lipinski definition) is 2. The van der Waals surface area contributed by atoms with E-state index in [1.165, 1.54) is 18.4 Å². The second-order valence-electron chi connectivity index (χ2n) is 5.96. The zero-order chi connectivity index (χ0) is 13.1. The van der Waals surface area contributed by atoms with Crippen molar-refractivity contribution in [2.75, 3.05) is 13.1 Å². The number of nitrogens with two attached hydrogens (primary N) is 1. The normalized spacial score (nSPS) is 21.4. The SMILES string of the molecule is Cl.NC1(C#CC2CC2)CCN(Cc2ccccc2)CC1. The van der Waals surface area contributed by atoms with Gasteiger partial charge in [-0.15, -0.1) is 12.4 Å². The summed E-state index contributed by atoms with van der Waals surface area (Å²) in [5.41, 5.74) is 7.55. The van der Waals surface area contributed by atoms with Crippen LogP contribution in [0.3, 0.4) is 0 Å². The molecule has 0 radical (unpaired) electrons. The third kappa shape index (κ3) is 4.24. The Morgan fingerprint density at radius 3 is 2.40 bits per heavy atom. The molecule has 1 aromatic carbocycles. The van der Waals surface area contributed by atoms with Crippen LogP contribution in [0.1, 0.15) is 31.2 Å². The minimum absolute atomic E-state index is 0. The Morgan fingerprint density at radius 1 is 1.15 bits per heavy atom. The van der Waals surface area contributed by atoms with Gasteiger partial charge in [-0.2, -0.15) is 0 Å². The van der Waals surface area contributed by atoms with Crippen molar-refractivity contribution in [3.05, 3.63) is 35.9 Å². The zero-order valence-corrected chi connectivity index (χ0v) is 12.7. The Labute approximate surface area is 128 Å². The smallest absolute Gasteiger partial charge is 0.0800 e. The van der Waals surface area contributed by atoms with E-state index in [9.17, 15) is 0 Å². The Morgan fingerprint density at radius 2 is 1.80 bits per heavy atom. The standard InChI is InChI=1S/C17H22N2.ClH/c18-17(9-8-15-6-7-15)10-12-19(13-11-17)14-16-4-2-1-3-5-16;/h1-5,15H,6-7,10-14,18H2;1H. The lowest BCUT2D eigenvalue weighted by molar-refractivity contribution is 0.182. The molecule has 108 valence electrons. The highest BCUT2D eigenvalue weighted by molar-refractivity contribution is 5.85. The van der Waals surface area contributed by atoms with Gasteiger partial charge in [-0.05, 0) is 31.2 Å². The fourth-order valence-electron chi connectivity index (χ4n) is 2.55. The van der Waals surface area contributed by atoms with Crippen LogP contribution in [-0.4, -0.2) is 23.5 Å². The van der Waals surface area contributed by atoms with Crippen LogP contribution < -0.4 is 5.73 Å². The molecule has 1 aliphatic carbocycles. The predicted molar refractivity (Wildman–Crippen MR) is 85.6 cm³/mol. The second-order valence-corrected chi connectivity index (χ2v) is 5.96. The van der Waals surface area contributed by atoms with Gasteiger partial charge in [-0.3, -0.25) is 4.90 Å². The molecule has 20 heavy (non-hydrogen) atoms. The van der Waals surface area contributed by atoms with E-state index < -0.39 is 0 Å². The lowest BCUT2D eigenvalue weighted by atomic mass is 9.89. The summed E-state index contributed by atoms with van der Waals surface area (Å²) in [6.45, 7) is 3.16. The van der Waals surface area contributed by atoms with E-state index in [-0.39, 0.29) is 17.9 Å². The van der Waals surface area contributed by atoms with Crippen LogP contribution in [0.4, 0.5) is 0 Å². The summed E-state index contributed by atoms with van der Waals surface area (Å²) in [6.07, 6.45) is 4.56. The van der Waals surface area contributed by atoms with E-state index in [4.69, 9.17) is 5.73 Å². The predicted octanol–water partition coefficient (Wildman–Crippen LogP) is 2.82. The molecule has 1 aromatic rings. The molecule has 1 saturated carbocycles. The van der Waals surface area contributed by atoms with E-state index in [1.54, 1.807) is 0 Å². The molecule has 2 aliphatic rings. The van der Waals surface area contributed by atoms with Gasteiger partial charge in [0.15, 0.2) is 0 Å². The molecular formula is C17H23ClN2. The molecular weight excluding hydrogens is 268 g/mol. The first kappa shape index (κ1) is 15.4. The van der Waals surface area contributed by atoms with Crippen molar-refractivity contribution in [1.82, 2.24) is 4.90 Å². The van der Waals surface area contributed by atoms with Gasteiger partial charge < -0.3 is 5.73 Å². The molecule has 2 nitrogen and oxygen atoms in total. The summed E-state index contributed by atoms with van der Waals surface area (Å²) in [4.78, 5) is 2.49. The minimum atomic E-state index is -0.226. The fraction of sp³-hybridized carbons (Fsp3) is 0.529. The third-order valence-electron chi connectivity index (χ3n) is 4.10. The van der Waals surface area contributed by atoms with Crippen LogP contribution in [0.15, 0.2) is 30.3 Å². The van der Waals surface area contributed by atoms with Gasteiger partial charge in [0.25, 0.3) is 0 Å². The van der Waals surface area contributed by atoms with Crippen LogP contribution >= 0.6 is 12.4 Å². The van der Waals surface area contributed by atoms with Crippen LogP contribution in [-0.2, 0) is 6.54 Å². The van der Waals surface area contributed by atoms with Gasteiger partial charge in [-0.25, -0.2) is 0 Å². The van der Waals surface area contributed by atoms with Crippen LogP contribution in [0.5, 0.6) is 0 Å². The third-order valence-corrected chi connectivity index (χ3v) is 4.10. The number of piperidine rings is 1. The highest BCUT2D eigenvalue weighted by atomic mass is 35.5. The average Bonchev–Trinajstić information content (AvgIpc) is 3.25.